The molecule has 4 nitrogen and oxygen atoms in total. The lowest BCUT2D eigenvalue weighted by atomic mass is 10.1. The van der Waals surface area contributed by atoms with Gasteiger partial charge in [0.05, 0.1) is 0 Å². The van der Waals surface area contributed by atoms with E-state index in [9.17, 15) is 0 Å². The number of imidazole rings is 1. The van der Waals surface area contributed by atoms with Crippen molar-refractivity contribution in [3.63, 3.8) is 0 Å². The molecule has 15 heavy (non-hydrogen) atoms. The molecule has 0 spiro atoms. The summed E-state index contributed by atoms with van der Waals surface area (Å²) in [6.07, 6.45) is 7.10. The van der Waals surface area contributed by atoms with Gasteiger partial charge in [-0.05, 0) is 39.4 Å². The summed E-state index contributed by atoms with van der Waals surface area (Å²) in [5, 5.41) is 8.92. The fraction of sp³-hybridized carbons (Fsp3) is 0.636. The molecular weight excluding hydrogens is 188 g/mol. The van der Waals surface area contributed by atoms with Crippen LogP contribution in [0.5, 0.6) is 0 Å². The Hall–Kier alpha value is -1.34. The van der Waals surface area contributed by atoms with Gasteiger partial charge in [0.25, 0.3) is 0 Å². The van der Waals surface area contributed by atoms with Crippen molar-refractivity contribution < 1.29 is 0 Å². The van der Waals surface area contributed by atoms with E-state index in [2.05, 4.69) is 23.0 Å². The predicted molar refractivity (Wildman–Crippen MR) is 57.3 cm³/mol. The van der Waals surface area contributed by atoms with Crippen LogP contribution in [0, 0.1) is 11.3 Å². The first-order valence-corrected chi connectivity index (χ1v) is 5.42. The Labute approximate surface area is 90.1 Å². The Morgan fingerprint density at radius 3 is 3.13 bits per heavy atom. The first-order valence-electron chi connectivity index (χ1n) is 5.42. The Morgan fingerprint density at radius 2 is 2.33 bits per heavy atom. The minimum atomic E-state index is 0.451. The number of rotatable bonds is 1. The van der Waals surface area contributed by atoms with Crippen LogP contribution in [0.2, 0.25) is 0 Å². The average Bonchev–Trinajstić information content (AvgIpc) is 2.61. The molecule has 0 amide bonds. The molecule has 1 aromatic heterocycles. The third kappa shape index (κ3) is 2.18. The van der Waals surface area contributed by atoms with Crippen molar-refractivity contribution in [2.24, 2.45) is 0 Å². The molecule has 2 heterocycles. The lowest BCUT2D eigenvalue weighted by molar-refractivity contribution is 0.341. The van der Waals surface area contributed by atoms with Crippen molar-refractivity contribution in [2.75, 3.05) is 20.1 Å². The lowest BCUT2D eigenvalue weighted by Gasteiger charge is -2.16. The summed E-state index contributed by atoms with van der Waals surface area (Å²) in [5.41, 5.74) is 0. The molecule has 1 atom stereocenters. The van der Waals surface area contributed by atoms with Crippen LogP contribution in [0.15, 0.2) is 12.4 Å². The number of likely N-dealkylation sites (tertiary alicyclic amines) is 1. The van der Waals surface area contributed by atoms with Crippen molar-refractivity contribution in [1.29, 1.82) is 5.26 Å². The molecule has 1 fully saturated rings. The van der Waals surface area contributed by atoms with Crippen molar-refractivity contribution in [3.8, 4) is 6.07 Å². The molecule has 0 saturated carbocycles. The third-order valence-electron chi connectivity index (χ3n) is 3.08. The van der Waals surface area contributed by atoms with Crippen LogP contribution < -0.4 is 0 Å². The van der Waals surface area contributed by atoms with Crippen molar-refractivity contribution in [1.82, 2.24) is 14.5 Å². The van der Waals surface area contributed by atoms with E-state index in [4.69, 9.17) is 5.26 Å². The monoisotopic (exact) mass is 204 g/mol. The molecule has 0 aromatic carbocycles. The minimum Gasteiger partial charge on any atom is -0.320 e. The Morgan fingerprint density at radius 1 is 1.47 bits per heavy atom. The van der Waals surface area contributed by atoms with Gasteiger partial charge in [0, 0.05) is 18.4 Å². The molecule has 0 N–H and O–H groups in total. The maximum Gasteiger partial charge on any atom is 0.212 e. The normalized spacial score (nSPS) is 23.3. The highest BCUT2D eigenvalue weighted by Crippen LogP contribution is 2.22. The van der Waals surface area contributed by atoms with Gasteiger partial charge in [0.2, 0.25) is 5.82 Å². The quantitative estimate of drug-likeness (QED) is 0.694. The summed E-state index contributed by atoms with van der Waals surface area (Å²) >= 11 is 0. The van der Waals surface area contributed by atoms with E-state index >= 15 is 0 Å². The molecule has 0 bridgehead atoms. The predicted octanol–water partition coefficient (Wildman–Crippen LogP) is 1.41. The largest absolute Gasteiger partial charge is 0.320 e. The van der Waals surface area contributed by atoms with Crippen molar-refractivity contribution >= 4 is 0 Å². The van der Waals surface area contributed by atoms with E-state index in [0.29, 0.717) is 11.9 Å². The topological polar surface area (TPSA) is 44.9 Å². The summed E-state index contributed by atoms with van der Waals surface area (Å²) in [7, 11) is 2.15. The molecular formula is C11H16N4. The van der Waals surface area contributed by atoms with Crippen molar-refractivity contribution in [3.05, 3.63) is 18.2 Å². The van der Waals surface area contributed by atoms with Gasteiger partial charge in [-0.25, -0.2) is 4.98 Å². The van der Waals surface area contributed by atoms with Gasteiger partial charge in [-0.15, -0.1) is 0 Å². The maximum atomic E-state index is 8.92. The summed E-state index contributed by atoms with van der Waals surface area (Å²) in [5.74, 6) is 0.546. The second-order valence-electron chi connectivity index (χ2n) is 4.16. The molecule has 1 saturated heterocycles. The Kier molecular flexibility index (Phi) is 3.02. The molecule has 1 aliphatic rings. The molecule has 0 radical (unpaired) electrons. The summed E-state index contributed by atoms with van der Waals surface area (Å²) in [6, 6.07) is 2.59. The summed E-state index contributed by atoms with van der Waals surface area (Å²) < 4.78 is 2.03. The smallest absolute Gasteiger partial charge is 0.212 e. The van der Waals surface area contributed by atoms with Crippen LogP contribution in [0.4, 0.5) is 0 Å². The average molecular weight is 204 g/mol. The maximum absolute atomic E-state index is 8.92. The molecule has 1 aromatic rings. The summed E-state index contributed by atoms with van der Waals surface area (Å²) in [4.78, 5) is 6.40. The molecule has 4 heteroatoms. The van der Waals surface area contributed by atoms with E-state index in [1.807, 2.05) is 10.8 Å². The lowest BCUT2D eigenvalue weighted by Crippen LogP contribution is -2.19. The minimum absolute atomic E-state index is 0.451. The standard InChI is InChI=1S/C11H16N4/c1-14-6-2-3-10(4-7-14)15-8-5-13-11(15)9-12/h5,8,10H,2-4,6-7H2,1H3. The Bertz CT molecular complexity index is 363. The van der Waals surface area contributed by atoms with Gasteiger partial charge in [-0.2, -0.15) is 5.26 Å². The van der Waals surface area contributed by atoms with Gasteiger partial charge in [-0.1, -0.05) is 0 Å². The van der Waals surface area contributed by atoms with E-state index in [1.54, 1.807) is 6.20 Å². The highest BCUT2D eigenvalue weighted by atomic mass is 15.1. The van der Waals surface area contributed by atoms with E-state index in [0.717, 1.165) is 25.9 Å². The fourth-order valence-corrected chi connectivity index (χ4v) is 2.19. The molecule has 2 rings (SSSR count). The highest BCUT2D eigenvalue weighted by molar-refractivity contribution is 5.12. The van der Waals surface area contributed by atoms with Gasteiger partial charge >= 0.3 is 0 Å². The number of hydrogen-bond donors (Lipinski definition) is 0. The van der Waals surface area contributed by atoms with Crippen LogP contribution in [0.3, 0.4) is 0 Å². The van der Waals surface area contributed by atoms with Crippen LogP contribution in [0.25, 0.3) is 0 Å². The molecule has 80 valence electrons. The zero-order valence-electron chi connectivity index (χ0n) is 9.06. The zero-order valence-corrected chi connectivity index (χ0v) is 9.06. The molecule has 1 unspecified atom stereocenters. The van der Waals surface area contributed by atoms with Gasteiger partial charge < -0.3 is 9.47 Å². The first kappa shape index (κ1) is 10.2. The molecule has 0 aliphatic carbocycles. The van der Waals surface area contributed by atoms with E-state index in [1.165, 1.54) is 6.42 Å². The molecule has 1 aliphatic heterocycles. The number of hydrogen-bond acceptors (Lipinski definition) is 3. The van der Waals surface area contributed by atoms with Gasteiger partial charge in [0.1, 0.15) is 6.07 Å². The SMILES string of the molecule is CN1CCCC(n2ccnc2C#N)CC1. The fourth-order valence-electron chi connectivity index (χ4n) is 2.19. The van der Waals surface area contributed by atoms with Gasteiger partial charge in [-0.3, -0.25) is 0 Å². The van der Waals surface area contributed by atoms with Crippen LogP contribution in [-0.2, 0) is 0 Å². The highest BCUT2D eigenvalue weighted by Gasteiger charge is 2.18. The summed E-state index contributed by atoms with van der Waals surface area (Å²) in [6.45, 7) is 2.26. The second-order valence-corrected chi connectivity index (χ2v) is 4.16. The van der Waals surface area contributed by atoms with Crippen LogP contribution in [-0.4, -0.2) is 34.6 Å². The van der Waals surface area contributed by atoms with Crippen LogP contribution in [0.1, 0.15) is 31.1 Å². The van der Waals surface area contributed by atoms with Gasteiger partial charge in [0.15, 0.2) is 0 Å². The number of nitriles is 1. The first-order chi connectivity index (χ1) is 7.31. The van der Waals surface area contributed by atoms with Crippen molar-refractivity contribution in [2.45, 2.75) is 25.3 Å². The van der Waals surface area contributed by atoms with Crippen LogP contribution >= 0.6 is 0 Å². The third-order valence-corrected chi connectivity index (χ3v) is 3.08. The Balaban J connectivity index is 2.13. The second kappa shape index (κ2) is 4.45. The van der Waals surface area contributed by atoms with E-state index < -0.39 is 0 Å². The number of aromatic nitrogens is 2. The van der Waals surface area contributed by atoms with E-state index in [-0.39, 0.29) is 0 Å². The number of nitrogens with zero attached hydrogens (tertiary/aromatic N) is 4. The zero-order chi connectivity index (χ0) is 10.7.